The van der Waals surface area contributed by atoms with Gasteiger partial charge in [0.2, 0.25) is 5.58 Å². The van der Waals surface area contributed by atoms with Crippen LogP contribution < -0.4 is 5.32 Å². The molecule has 0 radical (unpaired) electrons. The molecule has 2 aromatic heterocycles. The van der Waals surface area contributed by atoms with Crippen LogP contribution in [0.15, 0.2) is 16.9 Å². The van der Waals surface area contributed by atoms with Crippen molar-refractivity contribution < 1.29 is 38.4 Å². The zero-order valence-corrected chi connectivity index (χ0v) is 27.5. The van der Waals surface area contributed by atoms with E-state index in [4.69, 9.17) is 14.0 Å². The zero-order valence-electron chi connectivity index (χ0n) is 27.5. The molecule has 0 fully saturated rings. The molecule has 0 aliphatic heterocycles. The highest BCUT2D eigenvalue weighted by atomic mass is 16.6. The molecule has 2 heterocycles. The van der Waals surface area contributed by atoms with E-state index in [-0.39, 0.29) is 49.1 Å². The smallest absolute Gasteiger partial charge is 0.333 e. The van der Waals surface area contributed by atoms with Crippen molar-refractivity contribution in [3.8, 4) is 0 Å². The number of nitrogens with zero attached hydrogens (tertiary/aromatic N) is 3. The van der Waals surface area contributed by atoms with E-state index in [9.17, 15) is 29.6 Å². The van der Waals surface area contributed by atoms with Crippen molar-refractivity contribution in [2.24, 2.45) is 5.92 Å². The summed E-state index contributed by atoms with van der Waals surface area (Å²) in [5.41, 5.74) is -0.0860. The first-order chi connectivity index (χ1) is 22.3. The Morgan fingerprint density at radius 3 is 2.20 bits per heavy atom. The van der Waals surface area contributed by atoms with Gasteiger partial charge in [-0.05, 0) is 25.7 Å². The number of ether oxygens (including phenoxy) is 2. The van der Waals surface area contributed by atoms with E-state index in [0.717, 1.165) is 89.9 Å². The number of hydrogen-bond donors (Lipinski definition) is 2. The van der Waals surface area contributed by atoms with Crippen LogP contribution in [-0.2, 0) is 23.9 Å². The Kier molecular flexibility index (Phi) is 18.9. The van der Waals surface area contributed by atoms with Gasteiger partial charge >= 0.3 is 23.6 Å². The maximum Gasteiger partial charge on any atom is 0.333 e. The second kappa shape index (κ2) is 22.7. The number of nitro groups is 1. The van der Waals surface area contributed by atoms with Gasteiger partial charge in [-0.1, -0.05) is 89.6 Å². The van der Waals surface area contributed by atoms with Crippen LogP contribution in [0, 0.1) is 16.0 Å². The molecule has 0 aromatic carbocycles. The monoisotopic (exact) mass is 648 g/mol. The largest absolute Gasteiger partial charge is 0.481 e. The van der Waals surface area contributed by atoms with Crippen molar-refractivity contribution in [2.75, 3.05) is 18.5 Å². The van der Waals surface area contributed by atoms with Gasteiger partial charge in [0.05, 0.1) is 22.4 Å². The Morgan fingerprint density at radius 2 is 1.54 bits per heavy atom. The minimum atomic E-state index is -0.921. The molecule has 2 N–H and O–H groups in total. The molecule has 2 aromatic rings. The normalized spacial score (nSPS) is 12.5. The van der Waals surface area contributed by atoms with E-state index in [1.54, 1.807) is 0 Å². The van der Waals surface area contributed by atoms with Gasteiger partial charge in [0.25, 0.3) is 0 Å². The van der Waals surface area contributed by atoms with Gasteiger partial charge in [0.15, 0.2) is 0 Å². The SMILES string of the molecule is CCCCCC(=O)OC(COC(=O)CCCCCCCCCCCNc1ncc([N+](=O)[O-])c2oncc12)CC(CCCC)C(=O)O. The average molecular weight is 649 g/mol. The summed E-state index contributed by atoms with van der Waals surface area (Å²) in [5.74, 6) is -1.76. The van der Waals surface area contributed by atoms with Gasteiger partial charge in [0, 0.05) is 25.8 Å². The fourth-order valence-electron chi connectivity index (χ4n) is 5.24. The van der Waals surface area contributed by atoms with Gasteiger partial charge < -0.3 is 24.4 Å². The van der Waals surface area contributed by atoms with Crippen LogP contribution in [0.3, 0.4) is 0 Å². The summed E-state index contributed by atoms with van der Waals surface area (Å²) >= 11 is 0. The highest BCUT2D eigenvalue weighted by Gasteiger charge is 2.26. The molecule has 0 spiro atoms. The van der Waals surface area contributed by atoms with Crippen LogP contribution in [0.1, 0.15) is 129 Å². The number of carbonyl (C=O) groups is 3. The summed E-state index contributed by atoms with van der Waals surface area (Å²) < 4.78 is 16.0. The lowest BCUT2D eigenvalue weighted by Gasteiger charge is -2.21. The number of carbonyl (C=O) groups excluding carboxylic acids is 2. The van der Waals surface area contributed by atoms with Crippen molar-refractivity contribution in [1.29, 1.82) is 0 Å². The van der Waals surface area contributed by atoms with Crippen molar-refractivity contribution in [1.82, 2.24) is 10.1 Å². The van der Waals surface area contributed by atoms with Gasteiger partial charge in [-0.15, -0.1) is 0 Å². The topological polar surface area (TPSA) is 184 Å². The molecular weight excluding hydrogens is 596 g/mol. The third-order valence-corrected chi connectivity index (χ3v) is 7.94. The molecule has 0 aliphatic rings. The number of carboxylic acids is 1. The fourth-order valence-corrected chi connectivity index (χ4v) is 5.24. The van der Waals surface area contributed by atoms with E-state index in [2.05, 4.69) is 15.5 Å². The number of rotatable bonds is 27. The van der Waals surface area contributed by atoms with E-state index in [1.807, 2.05) is 13.8 Å². The molecule has 258 valence electrons. The van der Waals surface area contributed by atoms with Crippen LogP contribution in [0.25, 0.3) is 11.0 Å². The third-order valence-electron chi connectivity index (χ3n) is 7.94. The quantitative estimate of drug-likeness (QED) is 0.0416. The first-order valence-electron chi connectivity index (χ1n) is 17.0. The summed E-state index contributed by atoms with van der Waals surface area (Å²) in [7, 11) is 0. The number of esters is 2. The summed E-state index contributed by atoms with van der Waals surface area (Å²) in [6.45, 7) is 4.63. The molecule has 13 nitrogen and oxygen atoms in total. The predicted molar refractivity (Wildman–Crippen MR) is 173 cm³/mol. The third kappa shape index (κ3) is 15.0. The maximum absolute atomic E-state index is 12.4. The van der Waals surface area contributed by atoms with Crippen LogP contribution in [0.2, 0.25) is 0 Å². The molecule has 0 saturated heterocycles. The number of fused-ring (bicyclic) bond motifs is 1. The number of hydrogen-bond acceptors (Lipinski definition) is 11. The van der Waals surface area contributed by atoms with Crippen LogP contribution in [0.4, 0.5) is 11.5 Å². The number of anilines is 1. The maximum atomic E-state index is 12.4. The number of carboxylic acid groups (broad SMARTS) is 1. The van der Waals surface area contributed by atoms with Gasteiger partial charge in [-0.2, -0.15) is 0 Å². The molecule has 46 heavy (non-hydrogen) atoms. The van der Waals surface area contributed by atoms with E-state index in [1.165, 1.54) is 12.4 Å². The first kappa shape index (κ1) is 38.4. The first-order valence-corrected chi connectivity index (χ1v) is 17.0. The number of pyridine rings is 1. The summed E-state index contributed by atoms with van der Waals surface area (Å²) in [6, 6.07) is 0. The lowest BCUT2D eigenvalue weighted by molar-refractivity contribution is -0.384. The highest BCUT2D eigenvalue weighted by molar-refractivity contribution is 5.92. The molecule has 0 aliphatic carbocycles. The Morgan fingerprint density at radius 1 is 0.913 bits per heavy atom. The number of nitrogens with one attached hydrogen (secondary N) is 1. The van der Waals surface area contributed by atoms with Crippen LogP contribution in [0.5, 0.6) is 0 Å². The number of aromatic nitrogens is 2. The molecule has 0 bridgehead atoms. The Hall–Kier alpha value is -3.77. The number of aliphatic carboxylic acids is 1. The van der Waals surface area contributed by atoms with Crippen LogP contribution >= 0.6 is 0 Å². The Balaban J connectivity index is 1.56. The van der Waals surface area contributed by atoms with Crippen molar-refractivity contribution >= 4 is 40.4 Å². The van der Waals surface area contributed by atoms with Crippen LogP contribution in [-0.4, -0.2) is 57.3 Å². The van der Waals surface area contributed by atoms with E-state index >= 15 is 0 Å². The second-order valence-electron chi connectivity index (χ2n) is 11.8. The fraction of sp³-hybridized carbons (Fsp3) is 0.727. The van der Waals surface area contributed by atoms with Crippen molar-refractivity contribution in [3.63, 3.8) is 0 Å². The molecular formula is C33H52N4O9. The minimum absolute atomic E-state index is 0.112. The van der Waals surface area contributed by atoms with E-state index in [0.29, 0.717) is 24.2 Å². The number of unbranched alkanes of at least 4 members (excludes halogenated alkanes) is 11. The van der Waals surface area contributed by atoms with Gasteiger partial charge in [0.1, 0.15) is 24.7 Å². The van der Waals surface area contributed by atoms with Crippen molar-refractivity contribution in [2.45, 2.75) is 136 Å². The summed E-state index contributed by atoms with van der Waals surface area (Å²) in [4.78, 5) is 51.1. The minimum Gasteiger partial charge on any atom is -0.481 e. The zero-order chi connectivity index (χ0) is 33.6. The average Bonchev–Trinajstić information content (AvgIpc) is 3.52. The summed E-state index contributed by atoms with van der Waals surface area (Å²) in [6.07, 6.45) is 16.4. The molecule has 0 saturated carbocycles. The predicted octanol–water partition coefficient (Wildman–Crippen LogP) is 7.76. The molecule has 0 amide bonds. The molecule has 2 rings (SSSR count). The van der Waals surface area contributed by atoms with E-state index < -0.39 is 22.9 Å². The molecule has 2 unspecified atom stereocenters. The highest BCUT2D eigenvalue weighted by Crippen LogP contribution is 2.29. The summed E-state index contributed by atoms with van der Waals surface area (Å²) in [5, 5.41) is 28.1. The van der Waals surface area contributed by atoms with Gasteiger partial charge in [-0.25, -0.2) is 4.98 Å². The lowest BCUT2D eigenvalue weighted by atomic mass is 9.95. The second-order valence-corrected chi connectivity index (χ2v) is 11.8. The molecule has 13 heteroatoms. The molecule has 2 atom stereocenters. The Bertz CT molecular complexity index is 1200. The van der Waals surface area contributed by atoms with Crippen molar-refractivity contribution in [3.05, 3.63) is 22.5 Å². The standard InChI is InChI=1S/C33H52N4O9/c1-3-5-14-19-30(39)45-26(21-25(33(40)41)17-6-4-2)24-44-29(38)18-15-12-10-8-7-9-11-13-16-20-34-32-27-22-36-46-31(27)28(23-35-32)37(42)43/h22-23,25-26H,3-21,24H2,1-2H3,(H,34,35)(H,40,41). The lowest BCUT2D eigenvalue weighted by Crippen LogP contribution is -2.30. The Labute approximate surface area is 271 Å². The van der Waals surface area contributed by atoms with Gasteiger partial charge in [-0.3, -0.25) is 24.5 Å².